The number of hydrogen-bond donors (Lipinski definition) is 27. The Morgan fingerprint density at radius 2 is 0.984 bits per heavy atom. The number of carbonyl (C=O) groups excluding carboxylic acids is 16. The van der Waals surface area contributed by atoms with Crippen LogP contribution in [0.1, 0.15) is 163 Å². The number of rotatable bonds is 58. The van der Waals surface area contributed by atoms with Gasteiger partial charge < -0.3 is 139 Å². The van der Waals surface area contributed by atoms with E-state index in [2.05, 4.69) is 89.7 Å². The van der Waals surface area contributed by atoms with Crippen molar-refractivity contribution in [2.24, 2.45) is 52.3 Å². The van der Waals surface area contributed by atoms with Crippen molar-refractivity contribution in [3.05, 3.63) is 54.1 Å². The molecule has 0 bridgehead atoms. The van der Waals surface area contributed by atoms with Crippen molar-refractivity contribution < 1.29 is 112 Å². The minimum absolute atomic E-state index is 0.0101. The zero-order valence-corrected chi connectivity index (χ0v) is 71.8. The van der Waals surface area contributed by atoms with Gasteiger partial charge in [0.1, 0.15) is 78.5 Å². The van der Waals surface area contributed by atoms with E-state index in [0.717, 1.165) is 0 Å². The number of aromatic nitrogens is 2. The highest BCUT2D eigenvalue weighted by Gasteiger charge is 2.43. The summed E-state index contributed by atoms with van der Waals surface area (Å²) < 4.78 is 0. The van der Waals surface area contributed by atoms with Gasteiger partial charge >= 0.3 is 17.9 Å². The number of imidazole rings is 1. The monoisotopic (exact) mass is 1780 g/mol. The van der Waals surface area contributed by atoms with Crippen LogP contribution in [0.5, 0.6) is 0 Å². The summed E-state index contributed by atoms with van der Waals surface area (Å²) in [4.78, 5) is 266. The first-order valence-corrected chi connectivity index (χ1v) is 41.2. The first-order valence-electron chi connectivity index (χ1n) is 41.2. The van der Waals surface area contributed by atoms with Crippen molar-refractivity contribution in [3.63, 3.8) is 0 Å². The van der Waals surface area contributed by atoms with Crippen molar-refractivity contribution in [2.45, 2.75) is 249 Å². The van der Waals surface area contributed by atoms with Crippen LogP contribution in [-0.2, 0) is 104 Å². The third kappa shape index (κ3) is 39.1. The number of aromatic amines is 1. The van der Waals surface area contributed by atoms with Gasteiger partial charge in [-0.05, 0) is 93.4 Å². The molecule has 0 saturated carbocycles. The highest BCUT2D eigenvalue weighted by atomic mass is 16.4. The van der Waals surface area contributed by atoms with Crippen LogP contribution in [0.4, 0.5) is 0 Å². The third-order valence-electron chi connectivity index (χ3n) is 19.9. The number of nitrogens with one attached hydrogen (secondary N) is 18. The SMILES string of the molecule is CCC(C)C(NC(=O)C(CO)NC(=O)C(CCC(N)=O)NC(=O)C(CC(=O)O)NC(=O)C(CC(C)C)NC(=O)C(Cc1cnc[nH]1)NC(=O)C(NC(=O)C1CCCN1C(=O)C(CC(C)C)NC(=O)CNC(=O)C(CC(N)=O)NC(=O)C(N)CCC(=O)O)C(C)C)C(=O)NC(Cc1ccccc1)C(=O)NC(CCCNC(=N)N)C(=O)NC(CCCNC(=N)N)C(=O)O. The van der Waals surface area contributed by atoms with Gasteiger partial charge in [-0.15, -0.1) is 0 Å². The molecule has 1 aromatic heterocycles. The van der Waals surface area contributed by atoms with Gasteiger partial charge in [0.15, 0.2) is 11.9 Å². The number of aliphatic hydroxyl groups excluding tert-OH is 1. The summed E-state index contributed by atoms with van der Waals surface area (Å²) in [5.41, 5.74) is 28.1. The van der Waals surface area contributed by atoms with Gasteiger partial charge in [0, 0.05) is 57.2 Å². The molecule has 3 rings (SSSR count). The topological polar surface area (TPSA) is 795 Å². The van der Waals surface area contributed by atoms with Gasteiger partial charge in [-0.2, -0.15) is 0 Å². The van der Waals surface area contributed by atoms with E-state index in [-0.39, 0.29) is 114 Å². The third-order valence-corrected chi connectivity index (χ3v) is 19.9. The van der Waals surface area contributed by atoms with Crippen LogP contribution in [0.25, 0.3) is 0 Å². The van der Waals surface area contributed by atoms with E-state index in [0.29, 0.717) is 5.56 Å². The Balaban J connectivity index is 1.90. The molecule has 48 heteroatoms. The maximum atomic E-state index is 14.7. The second-order valence-corrected chi connectivity index (χ2v) is 31.7. The lowest BCUT2D eigenvalue weighted by molar-refractivity contribution is -0.143. The number of nitrogens with zero attached hydrogens (tertiary/aromatic N) is 2. The fraction of sp³-hybridized carbons (Fsp3) is 0.615. The predicted molar refractivity (Wildman–Crippen MR) is 449 cm³/mol. The number of guanidine groups is 2. The Hall–Kier alpha value is -13.2. The van der Waals surface area contributed by atoms with Crippen molar-refractivity contribution in [1.29, 1.82) is 10.8 Å². The number of benzene rings is 1. The number of carboxylic acid groups (broad SMARTS) is 3. The van der Waals surface area contributed by atoms with Crippen molar-refractivity contribution >= 4 is 124 Å². The van der Waals surface area contributed by atoms with Gasteiger partial charge in [0.25, 0.3) is 0 Å². The van der Waals surface area contributed by atoms with Crippen LogP contribution in [-0.4, -0.2) is 277 Å². The number of likely N-dealkylation sites (tertiary alicyclic amines) is 1. The number of H-pyrrole nitrogens is 1. The lowest BCUT2D eigenvalue weighted by Gasteiger charge is -2.31. The number of amides is 16. The number of aliphatic carboxylic acids is 3. The Morgan fingerprint density at radius 3 is 1.50 bits per heavy atom. The van der Waals surface area contributed by atoms with Crippen LogP contribution in [0.15, 0.2) is 42.9 Å². The molecule has 1 aromatic carbocycles. The molecular formula is C78H125N25O23. The molecule has 0 aliphatic carbocycles. The first-order chi connectivity index (χ1) is 59.2. The van der Waals surface area contributed by atoms with Crippen LogP contribution in [0, 0.1) is 34.5 Å². The quantitative estimate of drug-likeness (QED) is 0.0166. The molecule has 15 unspecified atom stereocenters. The average Bonchev–Trinajstić information content (AvgIpc) is 1.62. The van der Waals surface area contributed by atoms with Crippen molar-refractivity contribution in [3.8, 4) is 0 Å². The second-order valence-electron chi connectivity index (χ2n) is 31.7. The maximum absolute atomic E-state index is 14.7. The second kappa shape index (κ2) is 54.4. The molecule has 16 amide bonds. The number of hydrogen-bond acceptors (Lipinski definition) is 24. The fourth-order valence-corrected chi connectivity index (χ4v) is 13.0. The number of carboxylic acids is 3. The lowest BCUT2D eigenvalue weighted by Crippen LogP contribution is -2.62. The summed E-state index contributed by atoms with van der Waals surface area (Å²) in [5, 5.41) is 91.6. The molecule has 1 aliphatic heterocycles. The molecule has 32 N–H and O–H groups in total. The smallest absolute Gasteiger partial charge is 0.326 e. The van der Waals surface area contributed by atoms with E-state index in [9.17, 15) is 106 Å². The Labute approximate surface area is 726 Å². The van der Waals surface area contributed by atoms with E-state index in [4.69, 9.17) is 44.6 Å². The molecule has 48 nitrogen and oxygen atoms in total. The summed E-state index contributed by atoms with van der Waals surface area (Å²) in [5.74, 6) is -23.9. The highest BCUT2D eigenvalue weighted by molar-refractivity contribution is 6.01. The molecule has 1 fully saturated rings. The lowest BCUT2D eigenvalue weighted by atomic mass is 9.96. The molecule has 1 aliphatic rings. The molecule has 15 atom stereocenters. The molecule has 1 saturated heterocycles. The van der Waals surface area contributed by atoms with E-state index in [1.165, 1.54) is 24.3 Å². The number of carbonyl (C=O) groups is 19. The molecule has 2 heterocycles. The van der Waals surface area contributed by atoms with Gasteiger partial charge in [0.2, 0.25) is 94.5 Å². The molecular weight excluding hydrogens is 1660 g/mol. The molecule has 700 valence electrons. The fourth-order valence-electron chi connectivity index (χ4n) is 13.0. The molecule has 2 aromatic rings. The first kappa shape index (κ1) is 107. The molecule has 0 radical (unpaired) electrons. The predicted octanol–water partition coefficient (Wildman–Crippen LogP) is -7.67. The highest BCUT2D eigenvalue weighted by Crippen LogP contribution is 2.23. The zero-order chi connectivity index (χ0) is 94.8. The summed E-state index contributed by atoms with van der Waals surface area (Å²) in [6.45, 7) is 11.2. The number of nitrogens with two attached hydrogens (primary N) is 5. The van der Waals surface area contributed by atoms with Gasteiger partial charge in [-0.3, -0.25) is 97.1 Å². The summed E-state index contributed by atoms with van der Waals surface area (Å²) >= 11 is 0. The van der Waals surface area contributed by atoms with Gasteiger partial charge in [-0.1, -0.05) is 92.1 Å². The van der Waals surface area contributed by atoms with Crippen molar-refractivity contribution in [2.75, 3.05) is 32.8 Å². The van der Waals surface area contributed by atoms with E-state index in [1.807, 2.05) is 0 Å². The van der Waals surface area contributed by atoms with Crippen LogP contribution >= 0.6 is 0 Å². The number of primary amides is 2. The van der Waals surface area contributed by atoms with Crippen molar-refractivity contribution in [1.82, 2.24) is 94.6 Å². The summed E-state index contributed by atoms with van der Waals surface area (Å²) in [6.07, 6.45) is -1.78. The standard InChI is InChI=1S/C78H125N25O23/c1-9-41(8)62(74(123)98-49(30-42-16-11-10-12-17-42)68(117)92-45(18-13-25-87-77(82)83)65(114)94-47(76(125)126)19-14-26-88-78(84)85)102-71(120)54(36-104)100-66(115)46(22-23-56(80)105)93-70(119)52(33-60(110)111)97-67(116)48(28-38(2)3)96-69(118)50(31-43-34-86-37-90-43)99-73(122)61(40(6)7)101-72(121)55-20-15-27-103(55)75(124)53(29-39(4)5)91-58(107)35-89-64(113)51(32-57(81)106)95-63(112)44(79)21-24-59(108)109/h10-12,16-17,34,37-41,44-55,61-62,104H,9,13-15,18-33,35-36,79H2,1-8H3,(H2,80,105)(H2,81,106)(H,86,90)(H,89,113)(H,91,107)(H,92,117)(H,93,119)(H,94,114)(H,95,112)(H,96,118)(H,97,116)(H,98,123)(H,99,122)(H,100,115)(H,101,121)(H,102,120)(H,108,109)(H,110,111)(H,125,126)(H4,82,83,87)(H4,84,85,88). The van der Waals surface area contributed by atoms with Crippen LogP contribution in [0.2, 0.25) is 0 Å². The minimum atomic E-state index is -2.10. The summed E-state index contributed by atoms with van der Waals surface area (Å²) in [6, 6.07) is -14.1. The van der Waals surface area contributed by atoms with Gasteiger partial charge in [-0.25, -0.2) is 9.78 Å². The largest absolute Gasteiger partial charge is 0.481 e. The Bertz CT molecular complexity index is 4100. The normalized spacial score (nSPS) is 15.7. The Kier molecular flexibility index (Phi) is 46.2. The van der Waals surface area contributed by atoms with Gasteiger partial charge in [0.05, 0.1) is 38.4 Å². The van der Waals surface area contributed by atoms with E-state index >= 15 is 0 Å². The molecule has 126 heavy (non-hydrogen) atoms. The maximum Gasteiger partial charge on any atom is 0.326 e. The van der Waals surface area contributed by atoms with E-state index < -0.39 is 266 Å². The average molecular weight is 1780 g/mol. The molecule has 0 spiro atoms. The van der Waals surface area contributed by atoms with Crippen LogP contribution in [0.3, 0.4) is 0 Å². The number of aliphatic hydroxyl groups is 1. The zero-order valence-electron chi connectivity index (χ0n) is 71.8. The summed E-state index contributed by atoms with van der Waals surface area (Å²) in [7, 11) is 0. The van der Waals surface area contributed by atoms with E-state index in [1.54, 1.807) is 78.8 Å². The van der Waals surface area contributed by atoms with Crippen LogP contribution < -0.4 is 108 Å². The Morgan fingerprint density at radius 1 is 0.500 bits per heavy atom. The minimum Gasteiger partial charge on any atom is -0.481 e.